The Morgan fingerprint density at radius 3 is 3.40 bits per heavy atom. The van der Waals surface area contributed by atoms with Gasteiger partial charge in [0.05, 0.1) is 5.56 Å². The summed E-state index contributed by atoms with van der Waals surface area (Å²) < 4.78 is 5.62. The summed E-state index contributed by atoms with van der Waals surface area (Å²) in [5.41, 5.74) is 0.975. The van der Waals surface area contributed by atoms with Crippen LogP contribution in [0.2, 0.25) is 0 Å². The molecule has 52 valence electrons. The highest BCUT2D eigenvalue weighted by Gasteiger charge is 2.16. The van der Waals surface area contributed by atoms with Crippen molar-refractivity contribution in [3.8, 4) is 0 Å². The number of hydrogen-bond donors (Lipinski definition) is 0. The average Bonchev–Trinajstić information content (AvgIpc) is 2.36. The van der Waals surface area contributed by atoms with Gasteiger partial charge in [0, 0.05) is 0 Å². The molecule has 0 N–H and O–H groups in total. The number of nitrogens with zero attached hydrogens (tertiary/aromatic N) is 1. The Hall–Kier alpha value is -1.03. The van der Waals surface area contributed by atoms with Crippen molar-refractivity contribution in [2.24, 2.45) is 0 Å². The average molecular weight is 155 g/mol. The zero-order chi connectivity index (χ0) is 6.97. The third-order valence-corrected chi connectivity index (χ3v) is 2.27. The fraction of sp³-hybridized carbons (Fsp3) is 0.167. The van der Waals surface area contributed by atoms with Gasteiger partial charge in [-0.3, -0.25) is 0 Å². The lowest BCUT2D eigenvalue weighted by molar-refractivity contribution is -0.368. The van der Waals surface area contributed by atoms with Gasteiger partial charge in [0.25, 0.3) is 5.00 Å². The van der Waals surface area contributed by atoms with E-state index in [4.69, 9.17) is 4.74 Å². The van der Waals surface area contributed by atoms with Crippen molar-refractivity contribution in [2.75, 3.05) is 0 Å². The molecule has 1 aliphatic rings. The molecule has 0 amide bonds. The minimum atomic E-state index is 0.525. The lowest BCUT2D eigenvalue weighted by Crippen LogP contribution is -2.07. The Kier molecular flexibility index (Phi) is 1.14. The van der Waals surface area contributed by atoms with Crippen LogP contribution < -0.4 is 0 Å². The largest absolute Gasteiger partial charge is 0.615 e. The van der Waals surface area contributed by atoms with Crippen molar-refractivity contribution in [1.82, 2.24) is 0 Å². The van der Waals surface area contributed by atoms with E-state index >= 15 is 0 Å². The molecule has 10 heavy (non-hydrogen) atoms. The quantitative estimate of drug-likeness (QED) is 0.420. The molecule has 0 radical (unpaired) electrons. The molecule has 1 aromatic heterocycles. The normalized spacial score (nSPS) is 15.4. The Morgan fingerprint density at radius 2 is 2.60 bits per heavy atom. The van der Waals surface area contributed by atoms with Crippen molar-refractivity contribution in [3.63, 3.8) is 0 Å². The first-order valence-electron chi connectivity index (χ1n) is 2.85. The van der Waals surface area contributed by atoms with E-state index in [-0.39, 0.29) is 0 Å². The maximum Gasteiger partial charge on any atom is 0.342 e. The van der Waals surface area contributed by atoms with Crippen molar-refractivity contribution in [3.05, 3.63) is 22.2 Å². The highest BCUT2D eigenvalue weighted by atomic mass is 32.1. The molecule has 0 bridgehead atoms. The number of hydrogen-bond acceptors (Lipinski definition) is 3. The summed E-state index contributed by atoms with van der Waals surface area (Å²) in [6.07, 6.45) is 1.19. The second-order valence-corrected chi connectivity index (χ2v) is 2.89. The van der Waals surface area contributed by atoms with Crippen molar-refractivity contribution in [2.45, 2.75) is 6.61 Å². The third-order valence-electron chi connectivity index (χ3n) is 1.33. The van der Waals surface area contributed by atoms with Gasteiger partial charge in [0.1, 0.15) is 6.61 Å². The Labute approximate surface area is 61.8 Å². The number of fused-ring (bicyclic) bond motifs is 1. The van der Waals surface area contributed by atoms with E-state index in [0.29, 0.717) is 6.61 Å². The lowest BCUT2D eigenvalue weighted by Gasteiger charge is -2.07. The van der Waals surface area contributed by atoms with Crippen LogP contribution in [0.15, 0.2) is 11.4 Å². The van der Waals surface area contributed by atoms with E-state index in [2.05, 4.69) is 0 Å². The van der Waals surface area contributed by atoms with Crippen LogP contribution >= 0.6 is 11.3 Å². The number of thiophene rings is 1. The number of rotatable bonds is 0. The van der Waals surface area contributed by atoms with Crippen LogP contribution in [0.1, 0.15) is 5.56 Å². The summed E-state index contributed by atoms with van der Waals surface area (Å²) in [5.74, 6) is 0. The van der Waals surface area contributed by atoms with Gasteiger partial charge in [-0.05, 0) is 11.4 Å². The van der Waals surface area contributed by atoms with Crippen LogP contribution in [-0.2, 0) is 11.3 Å². The topological polar surface area (TPSA) is 35.3 Å². The van der Waals surface area contributed by atoms with E-state index < -0.39 is 0 Å². The van der Waals surface area contributed by atoms with E-state index in [1.165, 1.54) is 17.7 Å². The van der Waals surface area contributed by atoms with Gasteiger partial charge in [0.2, 0.25) is 0 Å². The molecular weight excluding hydrogens is 150 g/mol. The van der Waals surface area contributed by atoms with Crippen LogP contribution in [0.25, 0.3) is 0 Å². The molecule has 4 heteroatoms. The molecule has 0 fully saturated rings. The van der Waals surface area contributed by atoms with Gasteiger partial charge in [-0.25, -0.2) is 0 Å². The van der Waals surface area contributed by atoms with E-state index in [1.807, 2.05) is 11.4 Å². The summed E-state index contributed by atoms with van der Waals surface area (Å²) in [5, 5.41) is 13.5. The lowest BCUT2D eigenvalue weighted by atomic mass is 10.3. The zero-order valence-electron chi connectivity index (χ0n) is 5.11. The summed E-state index contributed by atoms with van der Waals surface area (Å²) in [7, 11) is 0. The van der Waals surface area contributed by atoms with E-state index in [1.54, 1.807) is 0 Å². The van der Waals surface area contributed by atoms with E-state index in [9.17, 15) is 5.21 Å². The molecule has 0 atom stereocenters. The summed E-state index contributed by atoms with van der Waals surface area (Å²) in [6.45, 7) is 0.525. The highest BCUT2D eigenvalue weighted by Crippen LogP contribution is 2.27. The minimum absolute atomic E-state index is 0.525. The van der Waals surface area contributed by atoms with Crippen molar-refractivity contribution in [1.29, 1.82) is 0 Å². The van der Waals surface area contributed by atoms with Crippen LogP contribution in [0.3, 0.4) is 0 Å². The maximum absolute atomic E-state index is 10.9. The van der Waals surface area contributed by atoms with Crippen LogP contribution in [0.4, 0.5) is 5.00 Å². The van der Waals surface area contributed by atoms with Crippen LogP contribution in [-0.4, -0.2) is 11.1 Å². The second kappa shape index (κ2) is 1.98. The monoisotopic (exact) mass is 155 g/mol. The first-order valence-corrected chi connectivity index (χ1v) is 3.73. The van der Waals surface area contributed by atoms with Gasteiger partial charge in [-0.1, -0.05) is 11.3 Å². The molecule has 0 unspecified atom stereocenters. The summed E-state index contributed by atoms with van der Waals surface area (Å²) >= 11 is 1.44. The molecule has 0 spiro atoms. The SMILES string of the molecule is [O-][N+]1=COCc2ccsc21. The van der Waals surface area contributed by atoms with Gasteiger partial charge in [-0.2, -0.15) is 0 Å². The molecule has 0 saturated carbocycles. The molecule has 0 aromatic carbocycles. The molecule has 0 saturated heterocycles. The van der Waals surface area contributed by atoms with Crippen molar-refractivity contribution < 1.29 is 9.48 Å². The summed E-state index contributed by atoms with van der Waals surface area (Å²) in [6, 6.07) is 1.90. The smallest absolute Gasteiger partial charge is 0.342 e. The maximum atomic E-state index is 10.9. The van der Waals surface area contributed by atoms with Crippen LogP contribution in [0.5, 0.6) is 0 Å². The molecular formula is C6H5NO2S. The molecule has 2 rings (SSSR count). The fourth-order valence-corrected chi connectivity index (χ4v) is 1.66. The zero-order valence-corrected chi connectivity index (χ0v) is 5.93. The Bertz CT molecular complexity index is 279. The minimum Gasteiger partial charge on any atom is -0.615 e. The van der Waals surface area contributed by atoms with Gasteiger partial charge < -0.3 is 9.94 Å². The first kappa shape index (κ1) is 5.73. The Morgan fingerprint density at radius 1 is 1.70 bits per heavy atom. The van der Waals surface area contributed by atoms with Gasteiger partial charge in [0.15, 0.2) is 0 Å². The second-order valence-electron chi connectivity index (χ2n) is 1.99. The van der Waals surface area contributed by atoms with Crippen molar-refractivity contribution >= 4 is 22.7 Å². The summed E-state index contributed by atoms with van der Waals surface area (Å²) in [4.78, 5) is 0. The molecule has 1 aromatic rings. The fourth-order valence-electron chi connectivity index (χ4n) is 0.874. The predicted molar refractivity (Wildman–Crippen MR) is 38.5 cm³/mol. The van der Waals surface area contributed by atoms with Gasteiger partial charge >= 0.3 is 6.40 Å². The first-order chi connectivity index (χ1) is 4.88. The van der Waals surface area contributed by atoms with Crippen LogP contribution in [0, 0.1) is 5.21 Å². The third kappa shape index (κ3) is 0.690. The molecule has 1 aliphatic heterocycles. The molecule has 2 heterocycles. The highest BCUT2D eigenvalue weighted by molar-refractivity contribution is 7.13. The van der Waals surface area contributed by atoms with E-state index in [0.717, 1.165) is 15.3 Å². The standard InChI is InChI=1S/C6H5NO2S/c8-7-4-9-3-5-1-2-10-6(5)7/h1-2,4H,3H2. The predicted octanol–water partition coefficient (Wildman–Crippen LogP) is 1.45. The van der Waals surface area contributed by atoms with Gasteiger partial charge in [-0.15, -0.1) is 4.74 Å². The Balaban J connectivity index is 2.55. The number of ether oxygens (including phenoxy) is 1. The molecule has 3 nitrogen and oxygen atoms in total. The molecule has 0 aliphatic carbocycles.